The Morgan fingerprint density at radius 2 is 0.793 bits per heavy atom. The lowest BCUT2D eigenvalue weighted by atomic mass is 9.87. The first-order valence-electron chi connectivity index (χ1n) is 20.0. The van der Waals surface area contributed by atoms with E-state index >= 15 is 0 Å². The molecule has 2 nitrogen and oxygen atoms in total. The topological polar surface area (TPSA) is 9.86 Å². The number of hydrogen-bond acceptors (Lipinski definition) is 1. The van der Waals surface area contributed by atoms with Crippen LogP contribution in [0, 0.1) is 0 Å². The Morgan fingerprint density at radius 1 is 0.328 bits per heavy atom. The van der Waals surface area contributed by atoms with Gasteiger partial charge in [0.1, 0.15) is 0 Å². The van der Waals surface area contributed by atoms with Crippen molar-refractivity contribution >= 4 is 75.1 Å². The molecule has 58 heavy (non-hydrogen) atoms. The summed E-state index contributed by atoms with van der Waals surface area (Å²) in [6, 6.07) is 74.6. The van der Waals surface area contributed by atoms with E-state index in [2.05, 4.69) is 209 Å². The van der Waals surface area contributed by atoms with Gasteiger partial charge in [0, 0.05) is 59.0 Å². The Bertz CT molecular complexity index is 3380. The molecule has 0 unspecified atom stereocenters. The van der Waals surface area contributed by atoms with Crippen LogP contribution in [0.5, 0.6) is 0 Å². The molecule has 0 amide bonds. The van der Waals surface area contributed by atoms with Crippen molar-refractivity contribution in [2.45, 2.75) is 5.92 Å². The van der Waals surface area contributed by atoms with Gasteiger partial charge in [-0.25, -0.2) is 0 Å². The normalized spacial score (nSPS) is 12.8. The number of rotatable bonds is 4. The number of benzene rings is 9. The summed E-state index contributed by atoms with van der Waals surface area (Å²) in [4.78, 5) is 0. The molecule has 270 valence electrons. The molecule has 9 aromatic carbocycles. The highest BCUT2D eigenvalue weighted by atomic mass is 32.1. The molecule has 1 aliphatic carbocycles. The Labute approximate surface area is 339 Å². The SMILES string of the molecule is c1cc(-c2ccc3sc4ccccc4c3c2)cc(C2c3ccc(-n4c5ccccc5c5ccccc54)cc3-c3cc(-n4c5ccccc5c5ccccc54)ccc32)c1. The molecular formula is C55H34N2S. The molecule has 0 bridgehead atoms. The van der Waals surface area contributed by atoms with Crippen LogP contribution in [0.15, 0.2) is 200 Å². The molecule has 0 radical (unpaired) electrons. The number of hydrogen-bond donors (Lipinski definition) is 0. The van der Waals surface area contributed by atoms with Gasteiger partial charge < -0.3 is 9.13 Å². The first-order chi connectivity index (χ1) is 28.8. The maximum Gasteiger partial charge on any atom is 0.0541 e. The summed E-state index contributed by atoms with van der Waals surface area (Å²) in [6.07, 6.45) is 0. The average Bonchev–Trinajstić information content (AvgIpc) is 4.02. The molecule has 3 heteroatoms. The van der Waals surface area contributed by atoms with E-state index < -0.39 is 0 Å². The third-order valence-corrected chi connectivity index (χ3v) is 13.7. The van der Waals surface area contributed by atoms with E-state index in [0.717, 1.165) is 0 Å². The summed E-state index contributed by atoms with van der Waals surface area (Å²) in [5.41, 5.74) is 16.3. The van der Waals surface area contributed by atoms with Crippen LogP contribution in [0.1, 0.15) is 22.6 Å². The van der Waals surface area contributed by atoms with E-state index in [9.17, 15) is 0 Å². The Kier molecular flexibility index (Phi) is 6.69. The van der Waals surface area contributed by atoms with Crippen LogP contribution >= 0.6 is 11.3 Å². The Morgan fingerprint density at radius 3 is 1.34 bits per heavy atom. The summed E-state index contributed by atoms with van der Waals surface area (Å²) in [6.45, 7) is 0. The fraction of sp³-hybridized carbons (Fsp3) is 0.0182. The van der Waals surface area contributed by atoms with Crippen molar-refractivity contribution in [2.75, 3.05) is 0 Å². The predicted octanol–water partition coefficient (Wildman–Crippen LogP) is 15.1. The summed E-state index contributed by atoms with van der Waals surface area (Å²) in [7, 11) is 0. The number of thiophene rings is 1. The lowest BCUT2D eigenvalue weighted by molar-refractivity contribution is 1.01. The third kappa shape index (κ3) is 4.54. The van der Waals surface area contributed by atoms with Gasteiger partial charge in [0.2, 0.25) is 0 Å². The van der Waals surface area contributed by atoms with Gasteiger partial charge in [-0.1, -0.05) is 133 Å². The van der Waals surface area contributed by atoms with Gasteiger partial charge in [0.05, 0.1) is 22.1 Å². The minimum Gasteiger partial charge on any atom is -0.309 e. The zero-order chi connectivity index (χ0) is 37.9. The summed E-state index contributed by atoms with van der Waals surface area (Å²) in [5.74, 6) is 0.0926. The van der Waals surface area contributed by atoms with Gasteiger partial charge in [0.15, 0.2) is 0 Å². The molecule has 13 rings (SSSR count). The zero-order valence-corrected chi connectivity index (χ0v) is 32.2. The van der Waals surface area contributed by atoms with E-state index in [1.807, 2.05) is 11.3 Å². The third-order valence-electron chi connectivity index (χ3n) is 12.6. The maximum atomic E-state index is 2.45. The smallest absolute Gasteiger partial charge is 0.0541 e. The molecule has 0 N–H and O–H groups in total. The van der Waals surface area contributed by atoms with E-state index in [4.69, 9.17) is 0 Å². The van der Waals surface area contributed by atoms with E-state index in [0.29, 0.717) is 0 Å². The van der Waals surface area contributed by atoms with Crippen LogP contribution < -0.4 is 0 Å². The molecule has 0 saturated carbocycles. The van der Waals surface area contributed by atoms with Crippen molar-refractivity contribution < 1.29 is 0 Å². The van der Waals surface area contributed by atoms with Gasteiger partial charge >= 0.3 is 0 Å². The minimum atomic E-state index is 0.0926. The molecule has 1 aliphatic rings. The second-order valence-corrected chi connectivity index (χ2v) is 16.7. The molecule has 0 saturated heterocycles. The van der Waals surface area contributed by atoms with Crippen molar-refractivity contribution in [1.82, 2.24) is 9.13 Å². The average molecular weight is 755 g/mol. The predicted molar refractivity (Wildman–Crippen MR) is 246 cm³/mol. The standard InChI is InChI=1S/C55H34N2S/c1-6-19-49-39(14-1)40-15-2-7-20-50(40)56(49)37-25-27-44-46(32-37)47-33-38(57-51-21-8-3-16-41(51)42-17-4-9-22-52(42)57)26-28-45(47)55(44)36-13-11-12-34(30-36)35-24-29-54-48(31-35)43-18-5-10-23-53(43)58-54/h1-33,55H. The van der Waals surface area contributed by atoms with Gasteiger partial charge in [-0.05, 0) is 106 Å². The molecule has 3 aromatic heterocycles. The first-order valence-corrected chi connectivity index (χ1v) is 20.9. The van der Waals surface area contributed by atoms with Gasteiger partial charge in [-0.15, -0.1) is 11.3 Å². The largest absolute Gasteiger partial charge is 0.309 e. The fourth-order valence-corrected chi connectivity index (χ4v) is 11.2. The second-order valence-electron chi connectivity index (χ2n) is 15.7. The summed E-state index contributed by atoms with van der Waals surface area (Å²) >= 11 is 1.87. The number of aromatic nitrogens is 2. The van der Waals surface area contributed by atoms with E-state index in [1.54, 1.807) is 0 Å². The number of para-hydroxylation sites is 4. The zero-order valence-electron chi connectivity index (χ0n) is 31.4. The van der Waals surface area contributed by atoms with Gasteiger partial charge in [-0.3, -0.25) is 0 Å². The summed E-state index contributed by atoms with van der Waals surface area (Å²) < 4.78 is 7.56. The van der Waals surface area contributed by atoms with Crippen LogP contribution in [-0.4, -0.2) is 9.13 Å². The van der Waals surface area contributed by atoms with E-state index in [-0.39, 0.29) is 5.92 Å². The van der Waals surface area contributed by atoms with Crippen LogP contribution in [0.25, 0.3) is 97.4 Å². The second kappa shape index (κ2) is 12.1. The molecule has 0 fully saturated rings. The first kappa shape index (κ1) is 31.9. The van der Waals surface area contributed by atoms with Crippen LogP contribution in [0.2, 0.25) is 0 Å². The highest BCUT2D eigenvalue weighted by Crippen LogP contribution is 2.51. The lowest BCUT2D eigenvalue weighted by Gasteiger charge is -2.17. The monoisotopic (exact) mass is 754 g/mol. The Balaban J connectivity index is 1.03. The van der Waals surface area contributed by atoms with Gasteiger partial charge in [0.25, 0.3) is 0 Å². The van der Waals surface area contributed by atoms with Crippen LogP contribution in [-0.2, 0) is 0 Å². The molecule has 0 atom stereocenters. The Hall–Kier alpha value is -7.20. The quantitative estimate of drug-likeness (QED) is 0.169. The van der Waals surface area contributed by atoms with Crippen LogP contribution in [0.3, 0.4) is 0 Å². The molecule has 3 heterocycles. The van der Waals surface area contributed by atoms with Crippen molar-refractivity contribution in [1.29, 1.82) is 0 Å². The minimum absolute atomic E-state index is 0.0926. The van der Waals surface area contributed by atoms with E-state index in [1.165, 1.54) is 114 Å². The van der Waals surface area contributed by atoms with Crippen molar-refractivity contribution in [3.63, 3.8) is 0 Å². The molecule has 12 aromatic rings. The maximum absolute atomic E-state index is 2.45. The molecule has 0 aliphatic heterocycles. The van der Waals surface area contributed by atoms with Crippen molar-refractivity contribution in [3.05, 3.63) is 217 Å². The van der Waals surface area contributed by atoms with Crippen molar-refractivity contribution in [2.24, 2.45) is 0 Å². The highest BCUT2D eigenvalue weighted by Gasteiger charge is 2.32. The van der Waals surface area contributed by atoms with Crippen molar-refractivity contribution in [3.8, 4) is 33.6 Å². The summed E-state index contributed by atoms with van der Waals surface area (Å²) in [5, 5.41) is 7.76. The molecular weight excluding hydrogens is 721 g/mol. The number of nitrogens with zero attached hydrogens (tertiary/aromatic N) is 2. The molecule has 0 spiro atoms. The highest BCUT2D eigenvalue weighted by molar-refractivity contribution is 7.25. The number of fused-ring (bicyclic) bond motifs is 12. The van der Waals surface area contributed by atoms with Crippen LogP contribution in [0.4, 0.5) is 0 Å². The fourth-order valence-electron chi connectivity index (χ4n) is 10.1. The lowest BCUT2D eigenvalue weighted by Crippen LogP contribution is -2.01. The van der Waals surface area contributed by atoms with Gasteiger partial charge in [-0.2, -0.15) is 0 Å².